The molecule has 0 aliphatic heterocycles. The quantitative estimate of drug-likeness (QED) is 0.0283. The summed E-state index contributed by atoms with van der Waals surface area (Å²) in [6, 6.07) is 0. The van der Waals surface area contributed by atoms with Gasteiger partial charge in [-0.2, -0.15) is 0 Å². The van der Waals surface area contributed by atoms with Gasteiger partial charge in [0.1, 0.15) is 19.8 Å². The van der Waals surface area contributed by atoms with Crippen molar-refractivity contribution in [1.29, 1.82) is 0 Å². The minimum atomic E-state index is -1.29. The van der Waals surface area contributed by atoms with Crippen molar-refractivity contribution in [1.82, 2.24) is 0 Å². The number of hydrogen-bond acceptors (Lipinski definition) is 11. The molecule has 0 aromatic rings. The molecule has 12 heteroatoms. The monoisotopic (exact) mass is 936 g/mol. The summed E-state index contributed by atoms with van der Waals surface area (Å²) in [7, 11) is 0. The molecule has 0 heterocycles. The Morgan fingerprint density at radius 3 is 1.56 bits per heavy atom. The van der Waals surface area contributed by atoms with Crippen molar-refractivity contribution < 1.29 is 74.5 Å². The molecule has 1 unspecified atom stereocenters. The van der Waals surface area contributed by atoms with Gasteiger partial charge in [-0.3, -0.25) is 19.2 Å². The van der Waals surface area contributed by atoms with E-state index in [2.05, 4.69) is 32.1 Å². The summed E-state index contributed by atoms with van der Waals surface area (Å²) in [5.41, 5.74) is -0.983. The van der Waals surface area contributed by atoms with Crippen molar-refractivity contribution in [2.24, 2.45) is 16.7 Å². The molecule has 2 aliphatic rings. The van der Waals surface area contributed by atoms with E-state index < -0.39 is 24.0 Å². The summed E-state index contributed by atoms with van der Waals surface area (Å²) in [6.45, 7) is 3.63. The van der Waals surface area contributed by atoms with Gasteiger partial charge >= 0.3 is 23.9 Å². The fourth-order valence-corrected chi connectivity index (χ4v) is 6.26. The molecule has 2 saturated carbocycles. The molecule has 54 heavy (non-hydrogen) atoms. The molecule has 11 nitrogen and oxygen atoms in total. The van der Waals surface area contributed by atoms with E-state index in [1.165, 1.54) is 51.4 Å². The van der Waals surface area contributed by atoms with Crippen LogP contribution in [0.25, 0.3) is 0 Å². The molecule has 2 fully saturated rings. The molecule has 0 bridgehead atoms. The Balaban J connectivity index is 0.00000223. The summed E-state index contributed by atoms with van der Waals surface area (Å²) in [6.07, 6.45) is 26.9. The van der Waals surface area contributed by atoms with Crippen LogP contribution in [0.2, 0.25) is 0 Å². The maximum Gasteiger partial charge on any atom is 0.308 e. The summed E-state index contributed by atoms with van der Waals surface area (Å²) in [4.78, 5) is 49.2. The molecular weight excluding hydrogens is 864 g/mol. The van der Waals surface area contributed by atoms with E-state index in [0.29, 0.717) is 44.1 Å². The van der Waals surface area contributed by atoms with E-state index in [0.717, 1.165) is 38.5 Å². The van der Waals surface area contributed by atoms with Gasteiger partial charge in [0.15, 0.2) is 0 Å². The Bertz CT molecular complexity index is 1050. The molecule has 0 saturated heterocycles. The third-order valence-corrected chi connectivity index (χ3v) is 9.97. The number of aliphatic hydroxyl groups is 3. The fraction of sp³-hybridized carbons (Fsp3) is 0.810. The predicted octanol–water partition coefficient (Wildman–Crippen LogP) is 7.47. The van der Waals surface area contributed by atoms with E-state index >= 15 is 0 Å². The second kappa shape index (κ2) is 33.1. The zero-order valence-electron chi connectivity index (χ0n) is 33.4. The first kappa shape index (κ1) is 51.9. The molecule has 0 aromatic carbocycles. The molecule has 1 atom stereocenters. The standard InChI is InChI=1S/C33H54O10.C9H18O.W/c1-2-3-4-5-6-7-12-20-40-28(36)14-8-9-15-29(37)41-24-33(23-35,25-42-30(38)16-10-11-19-34)26-43-31(39)27-21-32(22-27)17-13-18-32;1-2-3-4-5-6-7-8-9-10;/h6-7,27,34-35H,2-5,8-26H2,1H3;6-7,10H,2-5,8-9H2,1H3;/b2*7-6-;. The molecule has 2 rings (SSSR count). The summed E-state index contributed by atoms with van der Waals surface area (Å²) in [5.74, 6) is -1.84. The van der Waals surface area contributed by atoms with Crippen molar-refractivity contribution in [3.63, 3.8) is 0 Å². The van der Waals surface area contributed by atoms with Gasteiger partial charge in [0, 0.05) is 53.5 Å². The molecule has 1 spiro atoms. The van der Waals surface area contributed by atoms with Crippen LogP contribution in [0.15, 0.2) is 24.3 Å². The predicted molar refractivity (Wildman–Crippen MR) is 205 cm³/mol. The van der Waals surface area contributed by atoms with E-state index in [1.807, 2.05) is 6.08 Å². The van der Waals surface area contributed by atoms with Crippen LogP contribution < -0.4 is 0 Å². The van der Waals surface area contributed by atoms with E-state index in [-0.39, 0.29) is 91.2 Å². The van der Waals surface area contributed by atoms with E-state index in [4.69, 9.17) is 29.2 Å². The van der Waals surface area contributed by atoms with Crippen molar-refractivity contribution in [2.45, 2.75) is 155 Å². The van der Waals surface area contributed by atoms with Crippen LogP contribution in [0.4, 0.5) is 0 Å². The number of carbonyl (C=O) groups is 4. The minimum Gasteiger partial charge on any atom is -0.465 e. The third-order valence-electron chi connectivity index (χ3n) is 9.97. The Morgan fingerprint density at radius 2 is 1.09 bits per heavy atom. The van der Waals surface area contributed by atoms with Crippen LogP contribution in [0, 0.1) is 16.7 Å². The van der Waals surface area contributed by atoms with Crippen LogP contribution in [0.1, 0.15) is 155 Å². The van der Waals surface area contributed by atoms with Gasteiger partial charge in [-0.15, -0.1) is 0 Å². The maximum atomic E-state index is 12.7. The Morgan fingerprint density at radius 1 is 0.611 bits per heavy atom. The molecule has 2 aliphatic carbocycles. The van der Waals surface area contributed by atoms with Gasteiger partial charge in [-0.1, -0.05) is 70.3 Å². The number of aliphatic hydroxyl groups excluding tert-OH is 3. The third kappa shape index (κ3) is 24.4. The van der Waals surface area contributed by atoms with Gasteiger partial charge in [0.25, 0.3) is 0 Å². The SMILES string of the molecule is CCCCC/C=C\CCO.CCCCC/C=C\CCOC(=O)CCCCC(=O)OCC(CO)(COC(=O)CCCCO)COC(=O)C1CC2(CCC2)C1.[W]. The van der Waals surface area contributed by atoms with Crippen LogP contribution in [0.3, 0.4) is 0 Å². The van der Waals surface area contributed by atoms with Crippen LogP contribution in [-0.2, 0) is 59.2 Å². The van der Waals surface area contributed by atoms with Gasteiger partial charge in [0.05, 0.1) is 24.5 Å². The fourth-order valence-electron chi connectivity index (χ4n) is 6.26. The van der Waals surface area contributed by atoms with Crippen molar-refractivity contribution in [3.8, 4) is 0 Å². The van der Waals surface area contributed by atoms with Crippen LogP contribution in [-0.4, -0.2) is 85.4 Å². The number of carbonyl (C=O) groups excluding carboxylic acids is 4. The second-order valence-electron chi connectivity index (χ2n) is 14.9. The number of unbranched alkanes of at least 4 members (excludes halogenated alkanes) is 8. The molecule has 0 radical (unpaired) electrons. The van der Waals surface area contributed by atoms with Crippen LogP contribution in [0.5, 0.6) is 0 Å². The van der Waals surface area contributed by atoms with Crippen molar-refractivity contribution >= 4 is 23.9 Å². The zero-order chi connectivity index (χ0) is 39.0. The van der Waals surface area contributed by atoms with E-state index in [9.17, 15) is 24.3 Å². The van der Waals surface area contributed by atoms with Gasteiger partial charge in [-0.25, -0.2) is 0 Å². The van der Waals surface area contributed by atoms with Crippen LogP contribution >= 0.6 is 0 Å². The Labute approximate surface area is 339 Å². The Kier molecular flexibility index (Phi) is 31.8. The first-order chi connectivity index (χ1) is 25.7. The second-order valence-corrected chi connectivity index (χ2v) is 14.9. The van der Waals surface area contributed by atoms with E-state index in [1.54, 1.807) is 0 Å². The topological polar surface area (TPSA) is 166 Å². The van der Waals surface area contributed by atoms with Gasteiger partial charge in [-0.05, 0) is 95.3 Å². The normalized spacial score (nSPS) is 15.6. The Hall–Kier alpha value is -2.07. The number of rotatable bonds is 30. The number of hydrogen-bond donors (Lipinski definition) is 3. The van der Waals surface area contributed by atoms with Gasteiger partial charge < -0.3 is 34.3 Å². The first-order valence-corrected chi connectivity index (χ1v) is 20.4. The average molecular weight is 937 g/mol. The molecule has 0 aromatic heterocycles. The average Bonchev–Trinajstić information content (AvgIpc) is 3.12. The molecular formula is C42H72O11W. The molecule has 312 valence electrons. The minimum absolute atomic E-state index is 0. The summed E-state index contributed by atoms with van der Waals surface area (Å²) in [5, 5.41) is 27.6. The smallest absolute Gasteiger partial charge is 0.308 e. The summed E-state index contributed by atoms with van der Waals surface area (Å²) >= 11 is 0. The summed E-state index contributed by atoms with van der Waals surface area (Å²) < 4.78 is 21.5. The number of esters is 4. The number of ether oxygens (including phenoxy) is 4. The van der Waals surface area contributed by atoms with Crippen molar-refractivity contribution in [2.75, 3.05) is 46.2 Å². The maximum absolute atomic E-state index is 12.7. The zero-order valence-corrected chi connectivity index (χ0v) is 36.3. The van der Waals surface area contributed by atoms with Crippen molar-refractivity contribution in [3.05, 3.63) is 24.3 Å². The largest absolute Gasteiger partial charge is 0.465 e. The molecule has 0 amide bonds. The molecule has 3 N–H and O–H groups in total. The number of allylic oxidation sites excluding steroid dienone is 2. The van der Waals surface area contributed by atoms with Gasteiger partial charge in [0.2, 0.25) is 0 Å². The first-order valence-electron chi connectivity index (χ1n) is 20.4.